The molecule has 1 aromatic rings. The number of hydrogen-bond acceptors (Lipinski definition) is 2. The fourth-order valence-corrected chi connectivity index (χ4v) is 5.03. The summed E-state index contributed by atoms with van der Waals surface area (Å²) in [5, 5.41) is 7.04. The Kier molecular flexibility index (Phi) is 4.21. The van der Waals surface area contributed by atoms with Crippen molar-refractivity contribution in [1.82, 2.24) is 10.6 Å². The zero-order chi connectivity index (χ0) is 16.6. The summed E-state index contributed by atoms with van der Waals surface area (Å²) >= 11 is 0. The number of guanidine groups is 1. The molecule has 0 aromatic heterocycles. The first-order valence-electron chi connectivity index (χ1n) is 9.06. The Morgan fingerprint density at radius 2 is 2.04 bits per heavy atom. The first kappa shape index (κ1) is 15.9. The van der Waals surface area contributed by atoms with Crippen LogP contribution in [0.2, 0.25) is 0 Å². The highest BCUT2D eigenvalue weighted by molar-refractivity contribution is 5.80. The lowest BCUT2D eigenvalue weighted by molar-refractivity contribution is -0.125. The van der Waals surface area contributed by atoms with Gasteiger partial charge in [0.1, 0.15) is 5.82 Å². The summed E-state index contributed by atoms with van der Waals surface area (Å²) in [6, 6.07) is 7.06. The van der Waals surface area contributed by atoms with Crippen LogP contribution in [-0.2, 0) is 11.3 Å². The zero-order valence-corrected chi connectivity index (χ0v) is 14.2. The molecule has 1 spiro atoms. The maximum Gasteiger partial charge on any atom is 0.191 e. The van der Waals surface area contributed by atoms with Gasteiger partial charge in [-0.15, -0.1) is 0 Å². The molecule has 2 saturated carbocycles. The van der Waals surface area contributed by atoms with Gasteiger partial charge in [0.05, 0.1) is 6.10 Å². The number of benzene rings is 1. The van der Waals surface area contributed by atoms with E-state index >= 15 is 0 Å². The van der Waals surface area contributed by atoms with Crippen molar-refractivity contribution in [2.75, 3.05) is 13.7 Å². The van der Waals surface area contributed by atoms with E-state index in [1.165, 1.54) is 37.8 Å². The summed E-state index contributed by atoms with van der Waals surface area (Å²) in [4.78, 5) is 4.39. The summed E-state index contributed by atoms with van der Waals surface area (Å²) in [5.74, 6) is 1.25. The molecule has 0 amide bonds. The van der Waals surface area contributed by atoms with E-state index in [4.69, 9.17) is 4.74 Å². The van der Waals surface area contributed by atoms with Crippen LogP contribution in [0.5, 0.6) is 0 Å². The van der Waals surface area contributed by atoms with Crippen molar-refractivity contribution < 1.29 is 9.13 Å². The Balaban J connectivity index is 1.40. The molecule has 1 aromatic carbocycles. The lowest BCUT2D eigenvalue weighted by Crippen LogP contribution is -2.69. The van der Waals surface area contributed by atoms with Crippen LogP contribution in [0.4, 0.5) is 4.39 Å². The van der Waals surface area contributed by atoms with Gasteiger partial charge >= 0.3 is 0 Å². The first-order chi connectivity index (χ1) is 11.7. The second-order valence-corrected chi connectivity index (χ2v) is 7.36. The van der Waals surface area contributed by atoms with E-state index in [1.807, 2.05) is 7.05 Å². The minimum absolute atomic E-state index is 0.203. The Bertz CT molecular complexity index is 610. The highest BCUT2D eigenvalue weighted by Gasteiger charge is 2.65. The number of aliphatic imine (C=N–C) groups is 1. The molecule has 2 aliphatic carbocycles. The standard InChI is InChI=1S/C19H26FN3O/c1-21-18(22-12-13-4-6-14(20)7-5-13)23-16-15-8-11-24-17(15)19(16)9-2-3-10-19/h4-7,15-17H,2-3,8-12H2,1H3,(H2,21,22,23). The largest absolute Gasteiger partial charge is 0.377 e. The monoisotopic (exact) mass is 331 g/mol. The van der Waals surface area contributed by atoms with Gasteiger partial charge in [-0.3, -0.25) is 4.99 Å². The lowest BCUT2D eigenvalue weighted by atomic mass is 9.54. The third-order valence-corrected chi connectivity index (χ3v) is 6.18. The quantitative estimate of drug-likeness (QED) is 0.661. The van der Waals surface area contributed by atoms with E-state index in [0.29, 0.717) is 30.0 Å². The van der Waals surface area contributed by atoms with Crippen molar-refractivity contribution in [3.8, 4) is 0 Å². The second-order valence-electron chi connectivity index (χ2n) is 7.36. The third kappa shape index (κ3) is 2.59. The van der Waals surface area contributed by atoms with Gasteiger partial charge in [-0.1, -0.05) is 25.0 Å². The van der Waals surface area contributed by atoms with Crippen LogP contribution in [0.25, 0.3) is 0 Å². The van der Waals surface area contributed by atoms with Crippen LogP contribution in [0.15, 0.2) is 29.3 Å². The number of hydrogen-bond donors (Lipinski definition) is 2. The number of fused-ring (bicyclic) bond motifs is 2. The predicted octanol–water partition coefficient (Wildman–Crippen LogP) is 2.84. The third-order valence-electron chi connectivity index (χ3n) is 6.18. The maximum atomic E-state index is 13.0. The molecule has 1 aliphatic heterocycles. The molecule has 0 radical (unpaired) electrons. The molecule has 3 aliphatic rings. The van der Waals surface area contributed by atoms with Gasteiger partial charge in [-0.05, 0) is 37.0 Å². The number of halogens is 1. The highest BCUT2D eigenvalue weighted by Crippen LogP contribution is 2.60. The molecule has 4 rings (SSSR count). The van der Waals surface area contributed by atoms with E-state index in [2.05, 4.69) is 15.6 Å². The van der Waals surface area contributed by atoms with E-state index in [-0.39, 0.29) is 5.82 Å². The van der Waals surface area contributed by atoms with E-state index in [1.54, 1.807) is 12.1 Å². The van der Waals surface area contributed by atoms with Crippen molar-refractivity contribution in [2.45, 2.75) is 50.8 Å². The maximum absolute atomic E-state index is 13.0. The number of nitrogens with zero attached hydrogens (tertiary/aromatic N) is 1. The smallest absolute Gasteiger partial charge is 0.191 e. The molecule has 1 saturated heterocycles. The fraction of sp³-hybridized carbons (Fsp3) is 0.632. The summed E-state index contributed by atoms with van der Waals surface area (Å²) in [5.41, 5.74) is 1.36. The zero-order valence-electron chi connectivity index (χ0n) is 14.2. The Morgan fingerprint density at radius 3 is 2.75 bits per heavy atom. The summed E-state index contributed by atoms with van der Waals surface area (Å²) in [7, 11) is 1.81. The summed E-state index contributed by atoms with van der Waals surface area (Å²) < 4.78 is 19.0. The summed E-state index contributed by atoms with van der Waals surface area (Å²) in [6.45, 7) is 1.54. The molecule has 3 atom stereocenters. The molecule has 24 heavy (non-hydrogen) atoms. The fourth-order valence-electron chi connectivity index (χ4n) is 5.03. The van der Waals surface area contributed by atoms with Gasteiger partial charge in [0, 0.05) is 37.6 Å². The molecule has 1 heterocycles. The van der Waals surface area contributed by atoms with Crippen molar-refractivity contribution in [3.05, 3.63) is 35.6 Å². The Morgan fingerprint density at radius 1 is 1.29 bits per heavy atom. The van der Waals surface area contributed by atoms with Gasteiger partial charge in [0.15, 0.2) is 5.96 Å². The topological polar surface area (TPSA) is 45.7 Å². The molecule has 130 valence electrons. The number of ether oxygens (including phenoxy) is 1. The van der Waals surface area contributed by atoms with E-state index in [0.717, 1.165) is 24.6 Å². The molecule has 3 fully saturated rings. The highest BCUT2D eigenvalue weighted by atomic mass is 19.1. The van der Waals surface area contributed by atoms with Crippen LogP contribution < -0.4 is 10.6 Å². The Labute approximate surface area is 142 Å². The van der Waals surface area contributed by atoms with Crippen molar-refractivity contribution >= 4 is 5.96 Å². The molecular weight excluding hydrogens is 305 g/mol. The number of nitrogens with one attached hydrogen (secondary N) is 2. The van der Waals surface area contributed by atoms with Crippen LogP contribution in [-0.4, -0.2) is 31.8 Å². The van der Waals surface area contributed by atoms with Crippen molar-refractivity contribution in [2.24, 2.45) is 16.3 Å². The van der Waals surface area contributed by atoms with Crippen LogP contribution >= 0.6 is 0 Å². The lowest BCUT2D eigenvalue weighted by Gasteiger charge is -2.57. The summed E-state index contributed by atoms with van der Waals surface area (Å²) in [6.07, 6.45) is 6.76. The Hall–Kier alpha value is -1.62. The van der Waals surface area contributed by atoms with E-state index < -0.39 is 0 Å². The molecule has 4 nitrogen and oxygen atoms in total. The molecule has 0 bridgehead atoms. The van der Waals surface area contributed by atoms with E-state index in [9.17, 15) is 4.39 Å². The predicted molar refractivity (Wildman–Crippen MR) is 92.3 cm³/mol. The average molecular weight is 331 g/mol. The second kappa shape index (κ2) is 6.36. The molecular formula is C19H26FN3O. The average Bonchev–Trinajstić information content (AvgIpc) is 3.25. The minimum Gasteiger partial charge on any atom is -0.377 e. The van der Waals surface area contributed by atoms with Gasteiger partial charge in [-0.25, -0.2) is 4.39 Å². The minimum atomic E-state index is -0.203. The van der Waals surface area contributed by atoms with Crippen LogP contribution in [0.3, 0.4) is 0 Å². The van der Waals surface area contributed by atoms with Crippen LogP contribution in [0, 0.1) is 17.2 Å². The normalized spacial score (nSPS) is 30.9. The van der Waals surface area contributed by atoms with Gasteiger partial charge < -0.3 is 15.4 Å². The number of rotatable bonds is 3. The molecule has 3 unspecified atom stereocenters. The van der Waals surface area contributed by atoms with Gasteiger partial charge in [-0.2, -0.15) is 0 Å². The van der Waals surface area contributed by atoms with Crippen molar-refractivity contribution in [3.63, 3.8) is 0 Å². The SMILES string of the molecule is CN=C(NCc1ccc(F)cc1)NC1C2CCOC2C12CCCC2. The van der Waals surface area contributed by atoms with Crippen molar-refractivity contribution in [1.29, 1.82) is 0 Å². The molecule has 2 N–H and O–H groups in total. The van der Waals surface area contributed by atoms with Gasteiger partial charge in [0.25, 0.3) is 0 Å². The van der Waals surface area contributed by atoms with Crippen LogP contribution in [0.1, 0.15) is 37.7 Å². The van der Waals surface area contributed by atoms with Gasteiger partial charge in [0.2, 0.25) is 0 Å². The first-order valence-corrected chi connectivity index (χ1v) is 9.06. The molecule has 5 heteroatoms.